The number of hydrogen-bond acceptors (Lipinski definition) is 4. The van der Waals surface area contributed by atoms with Crippen molar-refractivity contribution in [2.75, 3.05) is 19.6 Å². The minimum atomic E-state index is -0.919. The molecule has 2 aliphatic carbocycles. The molecule has 1 aliphatic heterocycles. The van der Waals surface area contributed by atoms with E-state index in [1.165, 1.54) is 25.3 Å². The maximum absolute atomic E-state index is 11.8. The summed E-state index contributed by atoms with van der Waals surface area (Å²) in [6.07, 6.45) is 8.31. The van der Waals surface area contributed by atoms with Crippen molar-refractivity contribution in [1.82, 2.24) is 4.90 Å². The van der Waals surface area contributed by atoms with Crippen molar-refractivity contribution < 1.29 is 14.6 Å². The van der Waals surface area contributed by atoms with Gasteiger partial charge in [-0.2, -0.15) is 0 Å². The number of likely N-dealkylation sites (tertiary alicyclic amines) is 1. The van der Waals surface area contributed by atoms with Gasteiger partial charge in [0.05, 0.1) is 5.60 Å². The molecule has 0 aromatic heterocycles. The molecule has 1 heterocycles. The van der Waals surface area contributed by atoms with Gasteiger partial charge < -0.3 is 14.7 Å². The molecular formula is C29H42NO3. The lowest BCUT2D eigenvalue weighted by molar-refractivity contribution is -0.148. The highest BCUT2D eigenvalue weighted by Crippen LogP contribution is 2.51. The van der Waals surface area contributed by atoms with Crippen molar-refractivity contribution in [2.24, 2.45) is 23.7 Å². The molecule has 0 spiro atoms. The fourth-order valence-corrected chi connectivity index (χ4v) is 6.87. The van der Waals surface area contributed by atoms with E-state index in [0.717, 1.165) is 38.0 Å². The Morgan fingerprint density at radius 3 is 2.70 bits per heavy atom. The monoisotopic (exact) mass is 452 g/mol. The zero-order chi connectivity index (χ0) is 23.8. The van der Waals surface area contributed by atoms with Gasteiger partial charge in [0, 0.05) is 37.8 Å². The van der Waals surface area contributed by atoms with Crippen LogP contribution in [0.1, 0.15) is 65.9 Å². The van der Waals surface area contributed by atoms with Gasteiger partial charge in [-0.15, -0.1) is 0 Å². The molecule has 33 heavy (non-hydrogen) atoms. The average molecular weight is 453 g/mol. The van der Waals surface area contributed by atoms with Gasteiger partial charge >= 0.3 is 5.97 Å². The van der Waals surface area contributed by atoms with Gasteiger partial charge in [-0.25, -0.2) is 0 Å². The van der Waals surface area contributed by atoms with Crippen LogP contribution < -0.4 is 0 Å². The summed E-state index contributed by atoms with van der Waals surface area (Å²) in [7, 11) is 0. The van der Waals surface area contributed by atoms with Crippen LogP contribution in [0.5, 0.6) is 0 Å². The predicted molar refractivity (Wildman–Crippen MR) is 133 cm³/mol. The van der Waals surface area contributed by atoms with E-state index >= 15 is 0 Å². The van der Waals surface area contributed by atoms with Crippen LogP contribution >= 0.6 is 0 Å². The summed E-state index contributed by atoms with van der Waals surface area (Å²) >= 11 is 0. The number of benzene rings is 1. The third kappa shape index (κ3) is 4.93. The van der Waals surface area contributed by atoms with Crippen LogP contribution in [-0.4, -0.2) is 47.3 Å². The lowest BCUT2D eigenvalue weighted by Crippen LogP contribution is -2.57. The van der Waals surface area contributed by atoms with Crippen molar-refractivity contribution in [1.29, 1.82) is 0 Å². The molecule has 1 saturated carbocycles. The normalized spacial score (nSPS) is 38.2. The highest BCUT2D eigenvalue weighted by molar-refractivity contribution is 5.66. The number of fused-ring (bicyclic) bond motifs is 1. The summed E-state index contributed by atoms with van der Waals surface area (Å²) in [4.78, 5) is 14.3. The van der Waals surface area contributed by atoms with Crippen LogP contribution in [0, 0.1) is 30.1 Å². The summed E-state index contributed by atoms with van der Waals surface area (Å²) in [6.45, 7) is 13.7. The number of piperidine rings is 1. The molecule has 2 fully saturated rings. The molecule has 181 valence electrons. The van der Waals surface area contributed by atoms with Crippen LogP contribution in [0.15, 0.2) is 42.0 Å². The molecule has 1 aromatic rings. The fraction of sp³-hybridized carbons (Fsp3) is 0.655. The number of ether oxygens (including phenoxy) is 1. The Bertz CT molecular complexity index is 867. The van der Waals surface area contributed by atoms with Gasteiger partial charge in [0.15, 0.2) is 0 Å². The number of rotatable bonds is 5. The third-order valence-corrected chi connectivity index (χ3v) is 8.84. The number of esters is 1. The Balaban J connectivity index is 1.49. The SMILES string of the molecule is CC(=O)O[C@@H]1[CH][C@@]2(O)[C@H](C)CC[C@@H](C(C)CN3CCCC(C)(c4ccccc4)C3)[C@H]2C=C1C. The molecule has 4 rings (SSSR count). The quantitative estimate of drug-likeness (QED) is 0.495. The van der Waals surface area contributed by atoms with Gasteiger partial charge in [0.25, 0.3) is 0 Å². The summed E-state index contributed by atoms with van der Waals surface area (Å²) < 4.78 is 5.52. The van der Waals surface area contributed by atoms with Crippen LogP contribution in [0.4, 0.5) is 0 Å². The lowest BCUT2D eigenvalue weighted by atomic mass is 9.57. The van der Waals surface area contributed by atoms with Gasteiger partial charge in [0.2, 0.25) is 0 Å². The molecule has 1 N–H and O–H groups in total. The number of carbonyl (C=O) groups is 1. The zero-order valence-electron chi connectivity index (χ0n) is 21.1. The highest BCUT2D eigenvalue weighted by atomic mass is 16.5. The van der Waals surface area contributed by atoms with E-state index in [1.807, 2.05) is 13.3 Å². The van der Waals surface area contributed by atoms with Crippen LogP contribution in [0.2, 0.25) is 0 Å². The summed E-state index contributed by atoms with van der Waals surface area (Å²) in [5, 5.41) is 11.8. The number of hydrogen-bond donors (Lipinski definition) is 1. The third-order valence-electron chi connectivity index (χ3n) is 8.84. The fourth-order valence-electron chi connectivity index (χ4n) is 6.87. The predicted octanol–water partition coefficient (Wildman–Crippen LogP) is 5.17. The van der Waals surface area contributed by atoms with E-state index in [1.54, 1.807) is 0 Å². The van der Waals surface area contributed by atoms with E-state index in [4.69, 9.17) is 4.74 Å². The maximum atomic E-state index is 11.8. The first-order chi connectivity index (χ1) is 15.6. The molecule has 1 aromatic carbocycles. The van der Waals surface area contributed by atoms with E-state index in [9.17, 15) is 9.90 Å². The first-order valence-corrected chi connectivity index (χ1v) is 12.8. The summed E-state index contributed by atoms with van der Waals surface area (Å²) in [5.41, 5.74) is 1.77. The number of nitrogens with zero attached hydrogens (tertiary/aromatic N) is 1. The summed E-state index contributed by atoms with van der Waals surface area (Å²) in [6, 6.07) is 11.0. The zero-order valence-corrected chi connectivity index (χ0v) is 21.1. The summed E-state index contributed by atoms with van der Waals surface area (Å²) in [5.74, 6) is 0.833. The molecule has 2 unspecified atom stereocenters. The topological polar surface area (TPSA) is 49.8 Å². The maximum Gasteiger partial charge on any atom is 0.303 e. The first-order valence-electron chi connectivity index (χ1n) is 12.8. The van der Waals surface area contributed by atoms with E-state index < -0.39 is 11.7 Å². The second-order valence-corrected chi connectivity index (χ2v) is 11.4. The van der Waals surface area contributed by atoms with Crippen molar-refractivity contribution in [3.63, 3.8) is 0 Å². The van der Waals surface area contributed by atoms with Gasteiger partial charge in [0.1, 0.15) is 6.10 Å². The average Bonchev–Trinajstić information content (AvgIpc) is 2.76. The van der Waals surface area contributed by atoms with Gasteiger partial charge in [-0.3, -0.25) is 4.79 Å². The number of carbonyl (C=O) groups excluding carboxylic acids is 1. The molecule has 4 nitrogen and oxygen atoms in total. The van der Waals surface area contributed by atoms with Crippen molar-refractivity contribution in [3.05, 3.63) is 54.0 Å². The molecule has 0 bridgehead atoms. The Labute approximate surface area is 200 Å². The van der Waals surface area contributed by atoms with E-state index in [-0.39, 0.29) is 23.2 Å². The van der Waals surface area contributed by atoms with Crippen molar-refractivity contribution in [2.45, 2.75) is 77.4 Å². The Kier molecular flexibility index (Phi) is 7.08. The molecule has 7 atom stereocenters. The van der Waals surface area contributed by atoms with Crippen LogP contribution in [0.25, 0.3) is 0 Å². The van der Waals surface area contributed by atoms with Crippen LogP contribution in [-0.2, 0) is 14.9 Å². The largest absolute Gasteiger partial charge is 0.458 e. The van der Waals surface area contributed by atoms with Crippen molar-refractivity contribution in [3.8, 4) is 0 Å². The minimum Gasteiger partial charge on any atom is -0.458 e. The Hall–Kier alpha value is -1.65. The molecule has 4 heteroatoms. The molecule has 0 amide bonds. The van der Waals surface area contributed by atoms with Crippen molar-refractivity contribution >= 4 is 5.97 Å². The van der Waals surface area contributed by atoms with E-state index in [0.29, 0.717) is 11.8 Å². The second-order valence-electron chi connectivity index (χ2n) is 11.4. The molecule has 1 saturated heterocycles. The first kappa shape index (κ1) is 24.5. The van der Waals surface area contributed by atoms with Gasteiger partial charge in [-0.05, 0) is 68.0 Å². The number of aliphatic hydroxyl groups is 1. The molecule has 3 aliphatic rings. The van der Waals surface area contributed by atoms with Gasteiger partial charge in [-0.1, -0.05) is 57.2 Å². The standard InChI is InChI=1S/C29H42NO3/c1-20-16-26-25(13-12-22(3)29(26,32)17-27(20)33-23(4)31)21(2)18-30-15-9-14-28(5,19-30)24-10-7-6-8-11-24/h6-8,10-11,16-17,21-22,25-27,32H,9,12-15,18-19H2,1-5H3/t21?,22-,25+,26-,27-,28?,29-/m1/s1. The lowest BCUT2D eigenvalue weighted by Gasteiger charge is -2.53. The Morgan fingerprint density at radius 1 is 1.27 bits per heavy atom. The Morgan fingerprint density at radius 2 is 2.00 bits per heavy atom. The molecular weight excluding hydrogens is 410 g/mol. The van der Waals surface area contributed by atoms with Crippen LogP contribution in [0.3, 0.4) is 0 Å². The molecule has 1 radical (unpaired) electrons. The highest BCUT2D eigenvalue weighted by Gasteiger charge is 2.53. The second kappa shape index (κ2) is 9.54. The smallest absolute Gasteiger partial charge is 0.303 e. The van der Waals surface area contributed by atoms with E-state index in [2.05, 4.69) is 62.1 Å². The minimum absolute atomic E-state index is 0.0772.